The maximum absolute atomic E-state index is 4.72. The molecule has 2 aromatic heterocycles. The zero-order valence-electron chi connectivity index (χ0n) is 14.7. The molecule has 0 spiro atoms. The molecular formula is C20H23N5. The molecule has 0 saturated carbocycles. The van der Waals surface area contributed by atoms with Crippen molar-refractivity contribution in [2.24, 2.45) is 0 Å². The third kappa shape index (κ3) is 3.20. The van der Waals surface area contributed by atoms with Crippen molar-refractivity contribution in [2.45, 2.75) is 18.8 Å². The Balaban J connectivity index is 1.65. The number of piperidine rings is 1. The molecule has 3 heterocycles. The summed E-state index contributed by atoms with van der Waals surface area (Å²) in [6, 6.07) is 10.9. The smallest absolute Gasteiger partial charge is 0.154 e. The molecule has 1 aliphatic rings. The van der Waals surface area contributed by atoms with Crippen LogP contribution in [0.3, 0.4) is 0 Å². The summed E-state index contributed by atoms with van der Waals surface area (Å²) in [4.78, 5) is 15.9. The molecule has 1 saturated heterocycles. The summed E-state index contributed by atoms with van der Waals surface area (Å²) < 4.78 is 0. The quantitative estimate of drug-likeness (QED) is 0.794. The molecule has 0 amide bonds. The Bertz CT molecular complexity index is 867. The first-order valence-corrected chi connectivity index (χ1v) is 8.83. The van der Waals surface area contributed by atoms with Gasteiger partial charge in [-0.3, -0.25) is 4.98 Å². The van der Waals surface area contributed by atoms with Gasteiger partial charge in [0.15, 0.2) is 5.82 Å². The van der Waals surface area contributed by atoms with Crippen molar-refractivity contribution in [3.63, 3.8) is 0 Å². The second-order valence-electron chi connectivity index (χ2n) is 6.73. The van der Waals surface area contributed by atoms with Crippen molar-refractivity contribution in [3.8, 4) is 11.3 Å². The van der Waals surface area contributed by atoms with Crippen molar-refractivity contribution in [2.75, 3.05) is 32.5 Å². The zero-order chi connectivity index (χ0) is 17.2. The van der Waals surface area contributed by atoms with Crippen LogP contribution in [0.4, 0.5) is 5.82 Å². The van der Waals surface area contributed by atoms with Gasteiger partial charge in [-0.2, -0.15) is 0 Å². The van der Waals surface area contributed by atoms with E-state index >= 15 is 0 Å². The molecule has 1 aromatic carbocycles. The van der Waals surface area contributed by atoms with Gasteiger partial charge in [0.05, 0.1) is 11.2 Å². The summed E-state index contributed by atoms with van der Waals surface area (Å²) in [6.07, 6.45) is 5.89. The number of rotatable bonds is 3. The van der Waals surface area contributed by atoms with Gasteiger partial charge in [-0.15, -0.1) is 0 Å². The molecule has 3 aromatic rings. The van der Waals surface area contributed by atoms with E-state index in [0.717, 1.165) is 28.1 Å². The van der Waals surface area contributed by atoms with Crippen LogP contribution in [0.1, 0.15) is 24.3 Å². The highest BCUT2D eigenvalue weighted by molar-refractivity contribution is 5.88. The van der Waals surface area contributed by atoms with E-state index in [0.29, 0.717) is 5.92 Å². The molecule has 0 atom stereocenters. The third-order valence-corrected chi connectivity index (χ3v) is 5.09. The number of aromatic nitrogens is 3. The van der Waals surface area contributed by atoms with E-state index in [4.69, 9.17) is 4.98 Å². The Kier molecular flexibility index (Phi) is 4.32. The van der Waals surface area contributed by atoms with Crippen LogP contribution in [0.5, 0.6) is 0 Å². The molecule has 0 bridgehead atoms. The number of nitrogens with one attached hydrogen (secondary N) is 1. The molecule has 25 heavy (non-hydrogen) atoms. The number of fused-ring (bicyclic) bond motifs is 1. The van der Waals surface area contributed by atoms with E-state index in [1.165, 1.54) is 31.5 Å². The minimum atomic E-state index is 0.675. The fourth-order valence-electron chi connectivity index (χ4n) is 3.56. The molecule has 128 valence electrons. The molecule has 5 heteroatoms. The fraction of sp³-hybridized carbons (Fsp3) is 0.350. The van der Waals surface area contributed by atoms with Crippen LogP contribution >= 0.6 is 0 Å². The molecular weight excluding hydrogens is 310 g/mol. The van der Waals surface area contributed by atoms with E-state index in [1.807, 2.05) is 13.1 Å². The first kappa shape index (κ1) is 16.0. The van der Waals surface area contributed by atoms with Gasteiger partial charge in [-0.05, 0) is 50.5 Å². The van der Waals surface area contributed by atoms with E-state index in [9.17, 15) is 0 Å². The van der Waals surface area contributed by atoms with Crippen molar-refractivity contribution in [1.82, 2.24) is 19.9 Å². The van der Waals surface area contributed by atoms with Gasteiger partial charge in [0, 0.05) is 25.0 Å². The van der Waals surface area contributed by atoms with E-state index < -0.39 is 0 Å². The Labute approximate surface area is 148 Å². The monoisotopic (exact) mass is 333 g/mol. The summed E-state index contributed by atoms with van der Waals surface area (Å²) in [7, 11) is 4.07. The Hall–Kier alpha value is -2.53. The predicted octanol–water partition coefficient (Wildman–Crippen LogP) is 3.54. The highest BCUT2D eigenvalue weighted by Crippen LogP contribution is 2.30. The lowest BCUT2D eigenvalue weighted by atomic mass is 9.89. The Morgan fingerprint density at radius 1 is 1.04 bits per heavy atom. The fourth-order valence-corrected chi connectivity index (χ4v) is 3.56. The number of hydrogen-bond acceptors (Lipinski definition) is 5. The van der Waals surface area contributed by atoms with Gasteiger partial charge in [0.1, 0.15) is 5.52 Å². The maximum Gasteiger partial charge on any atom is 0.154 e. The van der Waals surface area contributed by atoms with Crippen molar-refractivity contribution < 1.29 is 0 Å². The molecule has 0 radical (unpaired) electrons. The van der Waals surface area contributed by atoms with Gasteiger partial charge in [0.25, 0.3) is 0 Å². The molecule has 1 N–H and O–H groups in total. The number of hydrogen-bond donors (Lipinski definition) is 1. The van der Waals surface area contributed by atoms with Crippen LogP contribution in [0.25, 0.3) is 22.3 Å². The largest absolute Gasteiger partial charge is 0.371 e. The van der Waals surface area contributed by atoms with Gasteiger partial charge in [-0.1, -0.05) is 24.3 Å². The lowest BCUT2D eigenvalue weighted by Crippen LogP contribution is -2.29. The lowest BCUT2D eigenvalue weighted by molar-refractivity contribution is 0.255. The molecule has 1 fully saturated rings. The van der Waals surface area contributed by atoms with Crippen LogP contribution in [0.2, 0.25) is 0 Å². The predicted molar refractivity (Wildman–Crippen MR) is 102 cm³/mol. The minimum Gasteiger partial charge on any atom is -0.371 e. The first-order valence-electron chi connectivity index (χ1n) is 8.83. The van der Waals surface area contributed by atoms with Crippen LogP contribution in [-0.4, -0.2) is 47.0 Å². The summed E-state index contributed by atoms with van der Waals surface area (Å²) in [6.45, 7) is 2.37. The van der Waals surface area contributed by atoms with E-state index in [2.05, 4.69) is 51.5 Å². The number of benzene rings is 1. The summed E-state index contributed by atoms with van der Waals surface area (Å²) in [5, 5.41) is 3.13. The molecule has 4 rings (SSSR count). The van der Waals surface area contributed by atoms with E-state index in [1.54, 1.807) is 12.4 Å². The normalized spacial score (nSPS) is 16.2. The second kappa shape index (κ2) is 6.76. The number of likely N-dealkylation sites (tertiary alicyclic amines) is 1. The first-order chi connectivity index (χ1) is 12.2. The van der Waals surface area contributed by atoms with Crippen LogP contribution < -0.4 is 5.32 Å². The van der Waals surface area contributed by atoms with Gasteiger partial charge in [-0.25, -0.2) is 9.97 Å². The third-order valence-electron chi connectivity index (χ3n) is 5.09. The molecule has 1 aliphatic heterocycles. The van der Waals surface area contributed by atoms with E-state index in [-0.39, 0.29) is 0 Å². The average molecular weight is 333 g/mol. The summed E-state index contributed by atoms with van der Waals surface area (Å²) in [5.74, 6) is 1.44. The topological polar surface area (TPSA) is 53.9 Å². The SMILES string of the molecule is CNc1nc(-c2ccc(C3CCN(C)CC3)cc2)cc2nccnc12. The molecule has 5 nitrogen and oxygen atoms in total. The van der Waals surface area contributed by atoms with Crippen LogP contribution in [0.15, 0.2) is 42.7 Å². The van der Waals surface area contributed by atoms with Crippen molar-refractivity contribution >= 4 is 16.9 Å². The Morgan fingerprint density at radius 2 is 1.76 bits per heavy atom. The summed E-state index contributed by atoms with van der Waals surface area (Å²) >= 11 is 0. The van der Waals surface area contributed by atoms with Gasteiger partial charge in [0.2, 0.25) is 0 Å². The minimum absolute atomic E-state index is 0.675. The van der Waals surface area contributed by atoms with Crippen molar-refractivity contribution in [3.05, 3.63) is 48.3 Å². The molecule has 0 unspecified atom stereocenters. The lowest BCUT2D eigenvalue weighted by Gasteiger charge is -2.29. The summed E-state index contributed by atoms with van der Waals surface area (Å²) in [5.41, 5.74) is 5.13. The zero-order valence-corrected chi connectivity index (χ0v) is 14.7. The average Bonchev–Trinajstić information content (AvgIpc) is 2.68. The number of anilines is 1. The maximum atomic E-state index is 4.72. The number of nitrogens with zero attached hydrogens (tertiary/aromatic N) is 4. The second-order valence-corrected chi connectivity index (χ2v) is 6.73. The highest BCUT2D eigenvalue weighted by atomic mass is 15.1. The molecule has 0 aliphatic carbocycles. The van der Waals surface area contributed by atoms with Gasteiger partial charge < -0.3 is 10.2 Å². The van der Waals surface area contributed by atoms with Crippen molar-refractivity contribution in [1.29, 1.82) is 0 Å². The Morgan fingerprint density at radius 3 is 2.48 bits per heavy atom. The number of pyridine rings is 1. The van der Waals surface area contributed by atoms with Gasteiger partial charge >= 0.3 is 0 Å². The van der Waals surface area contributed by atoms with Crippen LogP contribution in [0, 0.1) is 0 Å². The standard InChI is InChI=1S/C20H23N5/c1-21-20-19-18(22-9-10-23-19)13-17(24-20)16-5-3-14(4-6-16)15-7-11-25(2)12-8-15/h3-6,9-10,13,15H,7-8,11-12H2,1-2H3,(H,21,24). The highest BCUT2D eigenvalue weighted by Gasteiger charge is 2.18. The van der Waals surface area contributed by atoms with Crippen LogP contribution in [-0.2, 0) is 0 Å².